The van der Waals surface area contributed by atoms with E-state index in [1.165, 1.54) is 37.4 Å². The van der Waals surface area contributed by atoms with E-state index in [-0.39, 0.29) is 24.0 Å². The molecule has 2 N–H and O–H groups in total. The first-order chi connectivity index (χ1) is 10.3. The summed E-state index contributed by atoms with van der Waals surface area (Å²) in [6, 6.07) is 4.22. The number of likely N-dealkylation sites (tertiary alicyclic amines) is 1. The summed E-state index contributed by atoms with van der Waals surface area (Å²) < 4.78 is 0. The van der Waals surface area contributed by atoms with E-state index in [2.05, 4.69) is 51.9 Å². The van der Waals surface area contributed by atoms with Crippen molar-refractivity contribution in [3.05, 3.63) is 22.4 Å². The maximum atomic E-state index is 4.66. The summed E-state index contributed by atoms with van der Waals surface area (Å²) in [5, 5.41) is 8.94. The zero-order valence-electron chi connectivity index (χ0n) is 13.7. The number of hydrogen-bond acceptors (Lipinski definition) is 3. The topological polar surface area (TPSA) is 39.7 Å². The third-order valence-electron chi connectivity index (χ3n) is 3.79. The van der Waals surface area contributed by atoms with Gasteiger partial charge in [-0.2, -0.15) is 0 Å². The zero-order chi connectivity index (χ0) is 14.9. The van der Waals surface area contributed by atoms with E-state index in [0.717, 1.165) is 31.5 Å². The second-order valence-electron chi connectivity index (χ2n) is 5.61. The van der Waals surface area contributed by atoms with Crippen LogP contribution in [0.1, 0.15) is 31.6 Å². The molecule has 0 aromatic carbocycles. The molecule has 0 amide bonds. The molecule has 0 bridgehead atoms. The monoisotopic (exact) mass is 436 g/mol. The molecule has 1 aliphatic heterocycles. The normalized spacial score (nSPS) is 19.0. The summed E-state index contributed by atoms with van der Waals surface area (Å²) >= 11 is 1.76. The Bertz CT molecular complexity index is 422. The Morgan fingerprint density at radius 1 is 1.41 bits per heavy atom. The Morgan fingerprint density at radius 3 is 2.95 bits per heavy atom. The average molecular weight is 436 g/mol. The van der Waals surface area contributed by atoms with Crippen LogP contribution >= 0.6 is 35.3 Å². The first-order valence-corrected chi connectivity index (χ1v) is 8.96. The standard InChI is InChI=1S/C16H28N4S.HI/c1-3-8-20-9-7-14(13-20)11-18-16(17-4-2)19-12-15-6-5-10-21-15;/h5-6,10,14H,3-4,7-9,11-13H2,1-2H3,(H2,17,18,19);1H. The third-order valence-corrected chi connectivity index (χ3v) is 4.65. The molecule has 1 fully saturated rings. The van der Waals surface area contributed by atoms with Gasteiger partial charge in [-0.05, 0) is 50.2 Å². The van der Waals surface area contributed by atoms with Crippen molar-refractivity contribution in [2.75, 3.05) is 32.7 Å². The van der Waals surface area contributed by atoms with Gasteiger partial charge >= 0.3 is 0 Å². The van der Waals surface area contributed by atoms with Crippen LogP contribution in [0, 0.1) is 5.92 Å². The summed E-state index contributed by atoms with van der Waals surface area (Å²) in [6.45, 7) is 10.8. The quantitative estimate of drug-likeness (QED) is 0.392. The smallest absolute Gasteiger partial charge is 0.191 e. The van der Waals surface area contributed by atoms with E-state index < -0.39 is 0 Å². The van der Waals surface area contributed by atoms with Crippen molar-refractivity contribution < 1.29 is 0 Å². The highest BCUT2D eigenvalue weighted by molar-refractivity contribution is 14.0. The molecule has 1 aliphatic rings. The molecule has 2 rings (SSSR count). The fourth-order valence-corrected chi connectivity index (χ4v) is 3.37. The molecular weight excluding hydrogens is 407 g/mol. The summed E-state index contributed by atoms with van der Waals surface area (Å²) in [4.78, 5) is 8.54. The van der Waals surface area contributed by atoms with Gasteiger partial charge in [0.15, 0.2) is 5.96 Å². The second kappa shape index (κ2) is 11.2. The first-order valence-electron chi connectivity index (χ1n) is 8.08. The summed E-state index contributed by atoms with van der Waals surface area (Å²) in [7, 11) is 0. The second-order valence-corrected chi connectivity index (χ2v) is 6.64. The molecule has 126 valence electrons. The van der Waals surface area contributed by atoms with E-state index in [4.69, 9.17) is 0 Å². The number of halogens is 1. The van der Waals surface area contributed by atoms with Crippen LogP contribution in [0.15, 0.2) is 22.5 Å². The highest BCUT2D eigenvalue weighted by Crippen LogP contribution is 2.15. The van der Waals surface area contributed by atoms with Crippen LogP contribution < -0.4 is 10.6 Å². The largest absolute Gasteiger partial charge is 0.357 e. The van der Waals surface area contributed by atoms with E-state index in [0.29, 0.717) is 0 Å². The predicted octanol–water partition coefficient (Wildman–Crippen LogP) is 3.15. The van der Waals surface area contributed by atoms with E-state index in [9.17, 15) is 0 Å². The van der Waals surface area contributed by atoms with E-state index >= 15 is 0 Å². The minimum Gasteiger partial charge on any atom is -0.357 e. The molecule has 0 aliphatic carbocycles. The van der Waals surface area contributed by atoms with E-state index in [1.54, 1.807) is 11.3 Å². The van der Waals surface area contributed by atoms with E-state index in [1.807, 2.05) is 0 Å². The van der Waals surface area contributed by atoms with Crippen LogP contribution in [-0.4, -0.2) is 43.6 Å². The Hall–Kier alpha value is -0.340. The molecule has 1 saturated heterocycles. The van der Waals surface area contributed by atoms with Gasteiger partial charge in [0.1, 0.15) is 0 Å². The summed E-state index contributed by atoms with van der Waals surface area (Å²) in [5.74, 6) is 1.70. The minimum atomic E-state index is 0. The van der Waals surface area contributed by atoms with Gasteiger partial charge in [0.2, 0.25) is 0 Å². The van der Waals surface area contributed by atoms with Crippen LogP contribution in [0.3, 0.4) is 0 Å². The van der Waals surface area contributed by atoms with Crippen molar-refractivity contribution in [3.8, 4) is 0 Å². The lowest BCUT2D eigenvalue weighted by molar-refractivity contribution is 0.324. The maximum Gasteiger partial charge on any atom is 0.191 e. The molecule has 0 saturated carbocycles. The lowest BCUT2D eigenvalue weighted by Gasteiger charge is -2.16. The number of nitrogens with one attached hydrogen (secondary N) is 2. The van der Waals surface area contributed by atoms with Gasteiger partial charge in [0.25, 0.3) is 0 Å². The third kappa shape index (κ3) is 6.83. The molecule has 0 radical (unpaired) electrons. The lowest BCUT2D eigenvalue weighted by atomic mass is 10.1. The Morgan fingerprint density at radius 2 is 2.27 bits per heavy atom. The fourth-order valence-electron chi connectivity index (χ4n) is 2.74. The lowest BCUT2D eigenvalue weighted by Crippen LogP contribution is -2.40. The summed E-state index contributed by atoms with van der Waals surface area (Å²) in [5.41, 5.74) is 0. The minimum absolute atomic E-state index is 0. The van der Waals surface area contributed by atoms with Crippen molar-refractivity contribution in [3.63, 3.8) is 0 Å². The molecule has 22 heavy (non-hydrogen) atoms. The molecule has 0 spiro atoms. The molecule has 6 heteroatoms. The van der Waals surface area contributed by atoms with Crippen molar-refractivity contribution in [1.29, 1.82) is 0 Å². The van der Waals surface area contributed by atoms with Gasteiger partial charge < -0.3 is 15.5 Å². The highest BCUT2D eigenvalue weighted by atomic mass is 127. The molecule has 1 unspecified atom stereocenters. The molecule has 1 aromatic heterocycles. The van der Waals surface area contributed by atoms with Gasteiger partial charge in [0.05, 0.1) is 6.54 Å². The number of rotatable bonds is 7. The Labute approximate surface area is 155 Å². The Balaban J connectivity index is 0.00000242. The molecule has 2 heterocycles. The van der Waals surface area contributed by atoms with Gasteiger partial charge in [-0.25, -0.2) is 4.99 Å². The van der Waals surface area contributed by atoms with Gasteiger partial charge in [-0.15, -0.1) is 35.3 Å². The van der Waals surface area contributed by atoms with Crippen molar-refractivity contribution in [2.45, 2.75) is 33.2 Å². The predicted molar refractivity (Wildman–Crippen MR) is 107 cm³/mol. The van der Waals surface area contributed by atoms with Crippen LogP contribution in [0.25, 0.3) is 0 Å². The fraction of sp³-hybridized carbons (Fsp3) is 0.688. The number of nitrogens with zero attached hydrogens (tertiary/aromatic N) is 2. The summed E-state index contributed by atoms with van der Waals surface area (Å²) in [6.07, 6.45) is 2.56. The first kappa shape index (κ1) is 19.7. The van der Waals surface area contributed by atoms with Gasteiger partial charge in [0, 0.05) is 24.5 Å². The van der Waals surface area contributed by atoms with Crippen LogP contribution in [-0.2, 0) is 6.54 Å². The Kier molecular flexibility index (Phi) is 10.1. The maximum absolute atomic E-state index is 4.66. The van der Waals surface area contributed by atoms with Crippen LogP contribution in [0.5, 0.6) is 0 Å². The average Bonchev–Trinajstić information content (AvgIpc) is 3.14. The number of hydrogen-bond donors (Lipinski definition) is 2. The highest BCUT2D eigenvalue weighted by Gasteiger charge is 2.21. The number of aliphatic imine (C=N–C) groups is 1. The number of guanidine groups is 1. The van der Waals surface area contributed by atoms with Crippen molar-refractivity contribution >= 4 is 41.3 Å². The van der Waals surface area contributed by atoms with Crippen LogP contribution in [0.4, 0.5) is 0 Å². The SMILES string of the molecule is CCCN1CCC(CNC(=NCc2cccs2)NCC)C1.I. The number of thiophene rings is 1. The molecular formula is C16H29IN4S. The molecule has 1 aromatic rings. The molecule has 4 nitrogen and oxygen atoms in total. The van der Waals surface area contributed by atoms with Crippen molar-refractivity contribution in [2.24, 2.45) is 10.9 Å². The van der Waals surface area contributed by atoms with Crippen LogP contribution in [0.2, 0.25) is 0 Å². The van der Waals surface area contributed by atoms with Gasteiger partial charge in [-0.3, -0.25) is 0 Å². The van der Waals surface area contributed by atoms with Gasteiger partial charge in [-0.1, -0.05) is 13.0 Å². The molecule has 1 atom stereocenters. The van der Waals surface area contributed by atoms with Crippen molar-refractivity contribution in [1.82, 2.24) is 15.5 Å². The zero-order valence-corrected chi connectivity index (χ0v) is 16.8.